The van der Waals surface area contributed by atoms with E-state index in [2.05, 4.69) is 4.74 Å². The fourth-order valence-corrected chi connectivity index (χ4v) is 2.55. The zero-order valence-electron chi connectivity index (χ0n) is 9.77. The molecule has 1 rings (SSSR count). The second-order valence-electron chi connectivity index (χ2n) is 3.43. The highest BCUT2D eigenvalue weighted by atomic mass is 35.5. The van der Waals surface area contributed by atoms with E-state index >= 15 is 0 Å². The van der Waals surface area contributed by atoms with Gasteiger partial charge in [0, 0.05) is 6.26 Å². The number of carbonyl (C=O) groups excluding carboxylic acids is 2. The molecule has 0 amide bonds. The summed E-state index contributed by atoms with van der Waals surface area (Å²) in [5.41, 5.74) is -0.347. The van der Waals surface area contributed by atoms with Crippen LogP contribution in [0.3, 0.4) is 0 Å². The zero-order chi connectivity index (χ0) is 13.9. The molecule has 18 heavy (non-hydrogen) atoms. The van der Waals surface area contributed by atoms with E-state index < -0.39 is 21.6 Å². The Morgan fingerprint density at radius 3 is 2.44 bits per heavy atom. The maximum Gasteiger partial charge on any atom is 0.379 e. The second-order valence-corrected chi connectivity index (χ2v) is 5.83. The summed E-state index contributed by atoms with van der Waals surface area (Å²) in [7, 11) is -3.66. The first kappa shape index (κ1) is 14.7. The Bertz CT molecular complexity index is 591. The van der Waals surface area contributed by atoms with Gasteiger partial charge in [-0.15, -0.1) is 0 Å². The molecule has 98 valence electrons. The number of rotatable bonds is 4. The second kappa shape index (κ2) is 5.49. The molecule has 0 aliphatic carbocycles. The zero-order valence-corrected chi connectivity index (χ0v) is 11.3. The van der Waals surface area contributed by atoms with E-state index in [0.29, 0.717) is 0 Å². The molecule has 0 heterocycles. The topological polar surface area (TPSA) is 77.5 Å². The van der Waals surface area contributed by atoms with Crippen LogP contribution in [-0.2, 0) is 19.4 Å². The molecule has 1 aromatic rings. The maximum atomic E-state index is 11.8. The highest BCUT2D eigenvalue weighted by Crippen LogP contribution is 2.24. The Morgan fingerprint density at radius 2 is 1.94 bits per heavy atom. The molecule has 0 atom stereocenters. The van der Waals surface area contributed by atoms with E-state index in [0.717, 1.165) is 6.26 Å². The molecule has 0 aliphatic rings. The van der Waals surface area contributed by atoms with Gasteiger partial charge in [-0.3, -0.25) is 4.79 Å². The number of hydrogen-bond donors (Lipinski definition) is 0. The van der Waals surface area contributed by atoms with Crippen LogP contribution in [0.5, 0.6) is 0 Å². The highest BCUT2D eigenvalue weighted by molar-refractivity contribution is 7.90. The van der Waals surface area contributed by atoms with Gasteiger partial charge in [0.15, 0.2) is 9.84 Å². The molecular weight excluding hydrogens is 280 g/mol. The predicted molar refractivity (Wildman–Crippen MR) is 65.5 cm³/mol. The van der Waals surface area contributed by atoms with Crippen molar-refractivity contribution in [1.29, 1.82) is 0 Å². The predicted octanol–water partition coefficient (Wildman–Crippen LogP) is 1.49. The van der Waals surface area contributed by atoms with Gasteiger partial charge >= 0.3 is 5.97 Å². The number of halogens is 1. The molecule has 0 unspecified atom stereocenters. The van der Waals surface area contributed by atoms with Crippen molar-refractivity contribution in [1.82, 2.24) is 0 Å². The van der Waals surface area contributed by atoms with Crippen LogP contribution in [0.1, 0.15) is 17.3 Å². The lowest BCUT2D eigenvalue weighted by atomic mass is 10.1. The van der Waals surface area contributed by atoms with Crippen molar-refractivity contribution < 1.29 is 22.7 Å². The molecule has 0 aliphatic heterocycles. The molecule has 0 aromatic heterocycles. The van der Waals surface area contributed by atoms with Gasteiger partial charge in [0.2, 0.25) is 0 Å². The third-order valence-electron chi connectivity index (χ3n) is 2.06. The van der Waals surface area contributed by atoms with Crippen LogP contribution in [0, 0.1) is 0 Å². The van der Waals surface area contributed by atoms with E-state index in [-0.39, 0.29) is 22.1 Å². The largest absolute Gasteiger partial charge is 0.460 e. The maximum absolute atomic E-state index is 11.8. The SMILES string of the molecule is CCOC(=O)C(=O)c1c(Cl)cccc1S(C)(=O)=O. The summed E-state index contributed by atoms with van der Waals surface area (Å²) in [6.07, 6.45) is 0.931. The van der Waals surface area contributed by atoms with Gasteiger partial charge in [0.25, 0.3) is 5.78 Å². The van der Waals surface area contributed by atoms with E-state index in [1.807, 2.05) is 0 Å². The first-order chi connectivity index (χ1) is 8.29. The first-order valence-electron chi connectivity index (χ1n) is 4.99. The smallest absolute Gasteiger partial charge is 0.379 e. The lowest BCUT2D eigenvalue weighted by Crippen LogP contribution is -2.20. The molecule has 0 saturated heterocycles. The fourth-order valence-electron chi connectivity index (χ4n) is 1.33. The van der Waals surface area contributed by atoms with Crippen LogP contribution in [0.2, 0.25) is 5.02 Å². The number of sulfone groups is 1. The molecule has 0 fully saturated rings. The highest BCUT2D eigenvalue weighted by Gasteiger charge is 2.27. The third-order valence-corrected chi connectivity index (χ3v) is 3.52. The van der Waals surface area contributed by atoms with E-state index in [1.165, 1.54) is 25.1 Å². The van der Waals surface area contributed by atoms with E-state index in [4.69, 9.17) is 11.6 Å². The summed E-state index contributed by atoms with van der Waals surface area (Å²) in [5.74, 6) is -2.20. The van der Waals surface area contributed by atoms with Crippen molar-refractivity contribution in [2.24, 2.45) is 0 Å². The summed E-state index contributed by atoms with van der Waals surface area (Å²) in [6, 6.07) is 3.94. The van der Waals surface area contributed by atoms with Gasteiger partial charge in [-0.25, -0.2) is 13.2 Å². The van der Waals surface area contributed by atoms with E-state index in [9.17, 15) is 18.0 Å². The third kappa shape index (κ3) is 3.08. The molecular formula is C11H11ClO5S. The number of carbonyl (C=O) groups is 2. The van der Waals surface area contributed by atoms with Crippen molar-refractivity contribution in [3.8, 4) is 0 Å². The summed E-state index contributed by atoms with van der Waals surface area (Å²) in [4.78, 5) is 22.9. The Hall–Kier alpha value is -1.40. The van der Waals surface area contributed by atoms with Crippen LogP contribution in [0.15, 0.2) is 23.1 Å². The minimum absolute atomic E-state index is 0.0171. The Kier molecular flexibility index (Phi) is 4.48. The lowest BCUT2D eigenvalue weighted by molar-refractivity contribution is -0.137. The van der Waals surface area contributed by atoms with Gasteiger partial charge in [0.1, 0.15) is 0 Å². The number of esters is 1. The van der Waals surface area contributed by atoms with Crippen LogP contribution < -0.4 is 0 Å². The van der Waals surface area contributed by atoms with E-state index in [1.54, 1.807) is 0 Å². The van der Waals surface area contributed by atoms with Crippen molar-refractivity contribution in [3.05, 3.63) is 28.8 Å². The molecule has 0 saturated carbocycles. The molecule has 0 N–H and O–H groups in total. The van der Waals surface area contributed by atoms with Crippen LogP contribution in [0.25, 0.3) is 0 Å². The number of ether oxygens (including phenoxy) is 1. The van der Waals surface area contributed by atoms with Crippen LogP contribution in [-0.4, -0.2) is 33.0 Å². The number of ketones is 1. The number of Topliss-reactive ketones (excluding diaryl/α,β-unsaturated/α-hetero) is 1. The van der Waals surface area contributed by atoms with Gasteiger partial charge in [-0.1, -0.05) is 17.7 Å². The average molecular weight is 291 g/mol. The lowest BCUT2D eigenvalue weighted by Gasteiger charge is -2.08. The normalized spacial score (nSPS) is 11.1. The molecule has 7 heteroatoms. The van der Waals surface area contributed by atoms with Gasteiger partial charge in [-0.05, 0) is 19.1 Å². The average Bonchev–Trinajstić information content (AvgIpc) is 2.27. The summed E-state index contributed by atoms with van der Waals surface area (Å²) < 4.78 is 27.6. The minimum Gasteiger partial charge on any atom is -0.460 e. The standard InChI is InChI=1S/C11H11ClO5S/c1-3-17-11(14)10(13)9-7(12)5-4-6-8(9)18(2,15)16/h4-6H,3H2,1-2H3. The molecule has 1 aromatic carbocycles. The Balaban J connectivity index is 3.40. The van der Waals surface area contributed by atoms with Gasteiger partial charge in [-0.2, -0.15) is 0 Å². The molecule has 0 radical (unpaired) electrons. The molecule has 0 bridgehead atoms. The summed E-state index contributed by atoms with van der Waals surface area (Å²) in [5, 5.41) is -0.101. The van der Waals surface area contributed by atoms with Crippen LogP contribution in [0.4, 0.5) is 0 Å². The van der Waals surface area contributed by atoms with Crippen molar-refractivity contribution >= 4 is 33.2 Å². The Morgan fingerprint density at radius 1 is 1.33 bits per heavy atom. The minimum atomic E-state index is -3.66. The first-order valence-corrected chi connectivity index (χ1v) is 7.26. The molecule has 0 spiro atoms. The van der Waals surface area contributed by atoms with Crippen molar-refractivity contribution in [3.63, 3.8) is 0 Å². The van der Waals surface area contributed by atoms with Gasteiger partial charge in [0.05, 0.1) is 22.1 Å². The van der Waals surface area contributed by atoms with Crippen molar-refractivity contribution in [2.45, 2.75) is 11.8 Å². The van der Waals surface area contributed by atoms with Gasteiger partial charge < -0.3 is 4.74 Å². The van der Waals surface area contributed by atoms with Crippen molar-refractivity contribution in [2.75, 3.05) is 12.9 Å². The number of benzene rings is 1. The molecule has 5 nitrogen and oxygen atoms in total. The fraction of sp³-hybridized carbons (Fsp3) is 0.273. The quantitative estimate of drug-likeness (QED) is 0.477. The van der Waals surface area contributed by atoms with Crippen LogP contribution >= 0.6 is 11.6 Å². The monoisotopic (exact) mass is 290 g/mol. The Labute approximate surface area is 110 Å². The summed E-state index contributed by atoms with van der Waals surface area (Å²) >= 11 is 5.78. The summed E-state index contributed by atoms with van der Waals surface area (Å²) in [6.45, 7) is 1.55. The number of hydrogen-bond acceptors (Lipinski definition) is 5.